The normalized spacial score (nSPS) is 14.8. The van der Waals surface area contributed by atoms with Crippen LogP contribution in [-0.4, -0.2) is 58.8 Å². The number of para-hydroxylation sites is 1. The molecule has 0 spiro atoms. The van der Waals surface area contributed by atoms with Crippen molar-refractivity contribution in [3.8, 4) is 0 Å². The second kappa shape index (κ2) is 10.0. The molecule has 7 heteroatoms. The van der Waals surface area contributed by atoms with Gasteiger partial charge in [-0.3, -0.25) is 19.1 Å². The van der Waals surface area contributed by atoms with Gasteiger partial charge in [0, 0.05) is 31.7 Å². The number of thioether (sulfide) groups is 1. The zero-order valence-electron chi connectivity index (χ0n) is 16.8. The molecule has 0 saturated carbocycles. The summed E-state index contributed by atoms with van der Waals surface area (Å²) in [4.78, 5) is 32.7. The van der Waals surface area contributed by atoms with Gasteiger partial charge in [0.15, 0.2) is 10.9 Å². The zero-order valence-corrected chi connectivity index (χ0v) is 17.6. The third-order valence-corrected chi connectivity index (χ3v) is 6.19. The summed E-state index contributed by atoms with van der Waals surface area (Å²) < 4.78 is 7.13. The first-order valence-corrected chi connectivity index (χ1v) is 11.2. The fraction of sp³-hybridized carbons (Fsp3) is 0.348. The number of ketones is 1. The van der Waals surface area contributed by atoms with Crippen molar-refractivity contribution in [2.45, 2.75) is 18.1 Å². The monoisotopic (exact) mass is 423 g/mol. The van der Waals surface area contributed by atoms with Crippen molar-refractivity contribution >= 4 is 28.4 Å². The maximum Gasteiger partial charge on any atom is 0.262 e. The largest absolute Gasteiger partial charge is 0.379 e. The van der Waals surface area contributed by atoms with Crippen molar-refractivity contribution in [3.05, 3.63) is 70.5 Å². The van der Waals surface area contributed by atoms with E-state index in [4.69, 9.17) is 9.72 Å². The Morgan fingerprint density at radius 1 is 1.00 bits per heavy atom. The number of rotatable bonds is 8. The summed E-state index contributed by atoms with van der Waals surface area (Å²) in [5.74, 6) is 0.279. The lowest BCUT2D eigenvalue weighted by Crippen LogP contribution is -2.37. The highest BCUT2D eigenvalue weighted by atomic mass is 32.2. The Hall–Kier alpha value is -2.48. The maximum atomic E-state index is 13.1. The highest BCUT2D eigenvalue weighted by Gasteiger charge is 2.15. The van der Waals surface area contributed by atoms with Crippen LogP contribution in [0.2, 0.25) is 0 Å². The average Bonchev–Trinajstić information content (AvgIpc) is 2.80. The van der Waals surface area contributed by atoms with E-state index in [9.17, 15) is 9.59 Å². The van der Waals surface area contributed by atoms with Crippen molar-refractivity contribution in [3.63, 3.8) is 0 Å². The number of aromatic nitrogens is 2. The summed E-state index contributed by atoms with van der Waals surface area (Å²) in [5, 5.41) is 1.22. The van der Waals surface area contributed by atoms with Gasteiger partial charge in [-0.2, -0.15) is 0 Å². The van der Waals surface area contributed by atoms with Gasteiger partial charge in [-0.25, -0.2) is 4.98 Å². The molecule has 1 aliphatic heterocycles. The van der Waals surface area contributed by atoms with Crippen LogP contribution in [0.5, 0.6) is 0 Å². The summed E-state index contributed by atoms with van der Waals surface area (Å²) >= 11 is 1.33. The molecule has 0 N–H and O–H groups in total. The second-order valence-electron chi connectivity index (χ2n) is 7.25. The Morgan fingerprint density at radius 2 is 1.73 bits per heavy atom. The van der Waals surface area contributed by atoms with Gasteiger partial charge in [-0.05, 0) is 18.6 Å². The topological polar surface area (TPSA) is 64.4 Å². The van der Waals surface area contributed by atoms with Crippen LogP contribution in [0.25, 0.3) is 10.9 Å². The van der Waals surface area contributed by atoms with Crippen LogP contribution in [0.3, 0.4) is 0 Å². The molecule has 0 radical (unpaired) electrons. The molecule has 0 bridgehead atoms. The van der Waals surface area contributed by atoms with Crippen molar-refractivity contribution in [1.29, 1.82) is 0 Å². The van der Waals surface area contributed by atoms with E-state index in [1.165, 1.54) is 11.8 Å². The van der Waals surface area contributed by atoms with Gasteiger partial charge >= 0.3 is 0 Å². The highest BCUT2D eigenvalue weighted by molar-refractivity contribution is 7.99. The molecule has 1 aromatic heterocycles. The Morgan fingerprint density at radius 3 is 2.53 bits per heavy atom. The van der Waals surface area contributed by atoms with Crippen molar-refractivity contribution < 1.29 is 9.53 Å². The van der Waals surface area contributed by atoms with E-state index in [0.717, 1.165) is 39.3 Å². The molecule has 2 heterocycles. The minimum Gasteiger partial charge on any atom is -0.379 e. The zero-order chi connectivity index (χ0) is 20.8. The van der Waals surface area contributed by atoms with E-state index >= 15 is 0 Å². The van der Waals surface area contributed by atoms with Crippen molar-refractivity contribution in [2.24, 2.45) is 0 Å². The van der Waals surface area contributed by atoms with Gasteiger partial charge in [-0.1, -0.05) is 54.2 Å². The SMILES string of the molecule is O=C(CSc1nc2ccccc2c(=O)n1CCCN1CCOCC1)c1ccccc1. The minimum absolute atomic E-state index is 0.0304. The van der Waals surface area contributed by atoms with Crippen LogP contribution < -0.4 is 5.56 Å². The number of ether oxygens (including phenoxy) is 1. The molecule has 0 amide bonds. The van der Waals surface area contributed by atoms with E-state index in [2.05, 4.69) is 4.90 Å². The summed E-state index contributed by atoms with van der Waals surface area (Å²) in [5.41, 5.74) is 1.30. The number of carbonyl (C=O) groups excluding carboxylic acids is 1. The van der Waals surface area contributed by atoms with Gasteiger partial charge in [0.05, 0.1) is 29.9 Å². The third-order valence-electron chi connectivity index (χ3n) is 5.21. The molecule has 2 aromatic carbocycles. The molecule has 1 saturated heterocycles. The molecule has 0 aliphatic carbocycles. The predicted octanol–water partition coefficient (Wildman–Crippen LogP) is 3.09. The Kier molecular flexibility index (Phi) is 6.94. The van der Waals surface area contributed by atoms with E-state index in [-0.39, 0.29) is 17.1 Å². The molecule has 1 aliphatic rings. The number of carbonyl (C=O) groups is 1. The molecule has 30 heavy (non-hydrogen) atoms. The number of fused-ring (bicyclic) bond motifs is 1. The van der Waals surface area contributed by atoms with Gasteiger partial charge in [0.2, 0.25) is 0 Å². The molecule has 0 atom stereocenters. The number of Topliss-reactive ketones (excluding diaryl/α,β-unsaturated/α-hetero) is 1. The molecular formula is C23H25N3O3S. The lowest BCUT2D eigenvalue weighted by molar-refractivity contribution is 0.0368. The second-order valence-corrected chi connectivity index (χ2v) is 8.20. The standard InChI is InChI=1S/C23H25N3O3S/c27-21(18-7-2-1-3-8-18)17-30-23-24-20-10-5-4-9-19(20)22(28)26(23)12-6-11-25-13-15-29-16-14-25/h1-5,7-10H,6,11-17H2. The van der Waals surface area contributed by atoms with Crippen LogP contribution in [-0.2, 0) is 11.3 Å². The van der Waals surface area contributed by atoms with E-state index in [0.29, 0.717) is 28.2 Å². The van der Waals surface area contributed by atoms with Crippen LogP contribution >= 0.6 is 11.8 Å². The number of nitrogens with zero attached hydrogens (tertiary/aromatic N) is 3. The highest BCUT2D eigenvalue weighted by Crippen LogP contribution is 2.19. The number of benzene rings is 2. The molecular weight excluding hydrogens is 398 g/mol. The summed E-state index contributed by atoms with van der Waals surface area (Å²) in [6, 6.07) is 16.6. The first kappa shape index (κ1) is 20.8. The molecule has 0 unspecified atom stereocenters. The predicted molar refractivity (Wildman–Crippen MR) is 119 cm³/mol. The first-order chi connectivity index (χ1) is 14.7. The Balaban J connectivity index is 1.53. The molecule has 156 valence electrons. The van der Waals surface area contributed by atoms with Crippen LogP contribution in [0.4, 0.5) is 0 Å². The van der Waals surface area contributed by atoms with Crippen LogP contribution in [0, 0.1) is 0 Å². The third kappa shape index (κ3) is 4.98. The number of hydrogen-bond acceptors (Lipinski definition) is 6. The number of hydrogen-bond donors (Lipinski definition) is 0. The quantitative estimate of drug-likeness (QED) is 0.315. The fourth-order valence-corrected chi connectivity index (χ4v) is 4.49. The fourth-order valence-electron chi connectivity index (χ4n) is 3.57. The molecule has 6 nitrogen and oxygen atoms in total. The smallest absolute Gasteiger partial charge is 0.262 e. The van der Waals surface area contributed by atoms with E-state index in [1.54, 1.807) is 4.57 Å². The summed E-state index contributed by atoms with van der Waals surface area (Å²) in [6.07, 6.45) is 0.847. The summed E-state index contributed by atoms with van der Waals surface area (Å²) in [7, 11) is 0. The van der Waals surface area contributed by atoms with Gasteiger partial charge in [-0.15, -0.1) is 0 Å². The van der Waals surface area contributed by atoms with E-state index in [1.807, 2.05) is 54.6 Å². The molecule has 1 fully saturated rings. The minimum atomic E-state index is -0.0442. The molecule has 4 rings (SSSR count). The van der Waals surface area contributed by atoms with Crippen molar-refractivity contribution in [2.75, 3.05) is 38.6 Å². The Labute approximate surface area is 179 Å². The summed E-state index contributed by atoms with van der Waals surface area (Å²) in [6.45, 7) is 4.88. The van der Waals surface area contributed by atoms with Gasteiger partial charge in [0.25, 0.3) is 5.56 Å². The van der Waals surface area contributed by atoms with E-state index < -0.39 is 0 Å². The van der Waals surface area contributed by atoms with Gasteiger partial charge < -0.3 is 4.74 Å². The van der Waals surface area contributed by atoms with Gasteiger partial charge in [0.1, 0.15) is 0 Å². The lowest BCUT2D eigenvalue weighted by atomic mass is 10.2. The number of morpholine rings is 1. The maximum absolute atomic E-state index is 13.1. The van der Waals surface area contributed by atoms with Crippen molar-refractivity contribution in [1.82, 2.24) is 14.5 Å². The van der Waals surface area contributed by atoms with Crippen LogP contribution in [0.1, 0.15) is 16.8 Å². The Bertz CT molecular complexity index is 1060. The van der Waals surface area contributed by atoms with Crippen LogP contribution in [0.15, 0.2) is 64.5 Å². The molecule has 3 aromatic rings. The first-order valence-electron chi connectivity index (χ1n) is 10.2. The average molecular weight is 424 g/mol. The lowest BCUT2D eigenvalue weighted by Gasteiger charge is -2.26.